The van der Waals surface area contributed by atoms with Gasteiger partial charge in [0.25, 0.3) is 0 Å². The van der Waals surface area contributed by atoms with Gasteiger partial charge in [-0.1, -0.05) is 13.8 Å². The molecule has 0 aromatic rings. The van der Waals surface area contributed by atoms with Crippen LogP contribution < -0.4 is 10.6 Å². The van der Waals surface area contributed by atoms with Gasteiger partial charge in [0, 0.05) is 33.4 Å². The number of hydrogen-bond acceptors (Lipinski definition) is 3. The van der Waals surface area contributed by atoms with Crippen LogP contribution in [0.3, 0.4) is 0 Å². The molecule has 0 bridgehead atoms. The Labute approximate surface area is 130 Å². The van der Waals surface area contributed by atoms with Gasteiger partial charge in [0.15, 0.2) is 5.96 Å². The average molecular weight is 301 g/mol. The Morgan fingerprint density at radius 3 is 2.24 bits per heavy atom. The lowest BCUT2D eigenvalue weighted by molar-refractivity contribution is 0.0258. The van der Waals surface area contributed by atoms with Gasteiger partial charge in [0.05, 0.1) is 12.2 Å². The molecule has 0 fully saturated rings. The summed E-state index contributed by atoms with van der Waals surface area (Å²) in [4.78, 5) is 4.22. The van der Waals surface area contributed by atoms with Crippen LogP contribution in [0.25, 0.3) is 0 Å². The smallest absolute Gasteiger partial charge is 0.190 e. The van der Waals surface area contributed by atoms with Gasteiger partial charge in [-0.3, -0.25) is 4.99 Å². The van der Waals surface area contributed by atoms with Crippen molar-refractivity contribution in [3.8, 4) is 0 Å². The van der Waals surface area contributed by atoms with Crippen LogP contribution in [0.15, 0.2) is 4.99 Å². The zero-order valence-electron chi connectivity index (χ0n) is 14.7. The monoisotopic (exact) mass is 301 g/mol. The molecule has 0 aromatic carbocycles. The lowest BCUT2D eigenvalue weighted by atomic mass is 10.0. The Bertz CT molecular complexity index is 268. The third kappa shape index (κ3) is 11.5. The largest absolute Gasteiger partial charge is 0.379 e. The highest BCUT2D eigenvalue weighted by Gasteiger charge is 2.12. The Morgan fingerprint density at radius 1 is 1.05 bits per heavy atom. The Kier molecular flexibility index (Phi) is 12.4. The van der Waals surface area contributed by atoms with Gasteiger partial charge >= 0.3 is 0 Å². The predicted molar refractivity (Wildman–Crippen MR) is 89.9 cm³/mol. The topological polar surface area (TPSA) is 54.9 Å². The van der Waals surface area contributed by atoms with Crippen LogP contribution in [0.4, 0.5) is 0 Å². The lowest BCUT2D eigenvalue weighted by Gasteiger charge is -2.21. The molecule has 5 nitrogen and oxygen atoms in total. The van der Waals surface area contributed by atoms with Gasteiger partial charge in [-0.25, -0.2) is 0 Å². The third-order valence-corrected chi connectivity index (χ3v) is 3.13. The fraction of sp³-hybridized carbons (Fsp3) is 0.938. The van der Waals surface area contributed by atoms with E-state index in [9.17, 15) is 0 Å². The van der Waals surface area contributed by atoms with Crippen LogP contribution in [0.1, 0.15) is 47.5 Å². The molecule has 0 rings (SSSR count). The highest BCUT2D eigenvalue weighted by atomic mass is 16.5. The maximum Gasteiger partial charge on any atom is 0.190 e. The highest BCUT2D eigenvalue weighted by Crippen LogP contribution is 2.09. The molecule has 0 aromatic heterocycles. The van der Waals surface area contributed by atoms with Crippen molar-refractivity contribution in [2.24, 2.45) is 10.9 Å². The molecule has 0 saturated heterocycles. The number of rotatable bonds is 11. The van der Waals surface area contributed by atoms with E-state index in [2.05, 4.69) is 43.3 Å². The van der Waals surface area contributed by atoms with E-state index >= 15 is 0 Å². The van der Waals surface area contributed by atoms with Crippen LogP contribution in [0, 0.1) is 5.92 Å². The van der Waals surface area contributed by atoms with Gasteiger partial charge in [-0.15, -0.1) is 0 Å². The lowest BCUT2D eigenvalue weighted by Crippen LogP contribution is -2.39. The van der Waals surface area contributed by atoms with Gasteiger partial charge in [-0.05, 0) is 39.5 Å². The quantitative estimate of drug-likeness (QED) is 0.350. The second kappa shape index (κ2) is 12.9. The fourth-order valence-electron chi connectivity index (χ4n) is 1.97. The Morgan fingerprint density at radius 2 is 1.71 bits per heavy atom. The second-order valence-electron chi connectivity index (χ2n) is 5.73. The van der Waals surface area contributed by atoms with Crippen LogP contribution in [-0.2, 0) is 9.47 Å². The Hall–Kier alpha value is -0.810. The number of nitrogens with one attached hydrogen (secondary N) is 2. The summed E-state index contributed by atoms with van der Waals surface area (Å²) in [6.07, 6.45) is 2.57. The Balaban J connectivity index is 3.79. The molecule has 5 heteroatoms. The molecule has 0 radical (unpaired) electrons. The first kappa shape index (κ1) is 20.2. The van der Waals surface area contributed by atoms with Crippen molar-refractivity contribution in [1.29, 1.82) is 0 Å². The minimum atomic E-state index is 0.300. The van der Waals surface area contributed by atoms with Crippen molar-refractivity contribution in [2.45, 2.75) is 59.7 Å². The van der Waals surface area contributed by atoms with Gasteiger partial charge < -0.3 is 20.1 Å². The summed E-state index contributed by atoms with van der Waals surface area (Å²) in [6.45, 7) is 13.8. The first-order valence-corrected chi connectivity index (χ1v) is 8.18. The summed E-state index contributed by atoms with van der Waals surface area (Å²) in [5.41, 5.74) is 0. The van der Waals surface area contributed by atoms with Crippen LogP contribution >= 0.6 is 0 Å². The molecule has 0 aliphatic rings. The van der Waals surface area contributed by atoms with Crippen molar-refractivity contribution in [3.63, 3.8) is 0 Å². The minimum absolute atomic E-state index is 0.300. The highest BCUT2D eigenvalue weighted by molar-refractivity contribution is 5.79. The molecule has 21 heavy (non-hydrogen) atoms. The zero-order chi connectivity index (χ0) is 16.1. The molecular weight excluding hydrogens is 266 g/mol. The predicted octanol–water partition coefficient (Wildman–Crippen LogP) is 2.42. The SMILES string of the molecule is CCOC(CCNC(=NC)NCCCOC(C)C)C(C)C. The zero-order valence-corrected chi connectivity index (χ0v) is 14.7. The molecule has 1 atom stereocenters. The summed E-state index contributed by atoms with van der Waals surface area (Å²) in [5, 5.41) is 6.63. The van der Waals surface area contributed by atoms with Crippen LogP contribution in [0.2, 0.25) is 0 Å². The molecule has 0 heterocycles. The molecule has 1 unspecified atom stereocenters. The molecule has 0 saturated carbocycles. The number of hydrogen-bond donors (Lipinski definition) is 2. The first-order valence-electron chi connectivity index (χ1n) is 8.18. The molecule has 126 valence electrons. The number of guanidine groups is 1. The molecule has 0 spiro atoms. The van der Waals surface area contributed by atoms with Crippen molar-refractivity contribution in [1.82, 2.24) is 10.6 Å². The molecular formula is C16H35N3O2. The van der Waals surface area contributed by atoms with Gasteiger partial charge in [0.1, 0.15) is 0 Å². The van der Waals surface area contributed by atoms with E-state index in [4.69, 9.17) is 9.47 Å². The van der Waals surface area contributed by atoms with E-state index < -0.39 is 0 Å². The van der Waals surface area contributed by atoms with Crippen molar-refractivity contribution in [2.75, 3.05) is 33.4 Å². The maximum atomic E-state index is 5.74. The first-order chi connectivity index (χ1) is 10.0. The van der Waals surface area contributed by atoms with Crippen LogP contribution in [-0.4, -0.2) is 51.5 Å². The normalized spacial score (nSPS) is 13.8. The standard InChI is InChI=1S/C16H35N3O2/c1-7-20-15(13(2)3)9-11-19-16(17-6)18-10-8-12-21-14(4)5/h13-15H,7-12H2,1-6H3,(H2,17,18,19). The van der Waals surface area contributed by atoms with E-state index in [0.29, 0.717) is 18.1 Å². The van der Waals surface area contributed by atoms with Crippen molar-refractivity contribution >= 4 is 5.96 Å². The summed E-state index contributed by atoms with van der Waals surface area (Å²) in [6, 6.07) is 0. The van der Waals surface area contributed by atoms with Crippen molar-refractivity contribution in [3.05, 3.63) is 0 Å². The second-order valence-corrected chi connectivity index (χ2v) is 5.73. The van der Waals surface area contributed by atoms with E-state index in [1.165, 1.54) is 0 Å². The average Bonchev–Trinajstić information content (AvgIpc) is 2.43. The molecule has 0 amide bonds. The van der Waals surface area contributed by atoms with E-state index in [1.54, 1.807) is 7.05 Å². The van der Waals surface area contributed by atoms with E-state index in [-0.39, 0.29) is 0 Å². The fourth-order valence-corrected chi connectivity index (χ4v) is 1.97. The van der Waals surface area contributed by atoms with Crippen molar-refractivity contribution < 1.29 is 9.47 Å². The number of ether oxygens (including phenoxy) is 2. The summed E-state index contributed by atoms with van der Waals surface area (Å²) < 4.78 is 11.2. The summed E-state index contributed by atoms with van der Waals surface area (Å²) in [5.74, 6) is 1.38. The molecule has 0 aliphatic heterocycles. The maximum absolute atomic E-state index is 5.74. The van der Waals surface area contributed by atoms with E-state index in [1.807, 2.05) is 6.92 Å². The van der Waals surface area contributed by atoms with Gasteiger partial charge in [-0.2, -0.15) is 0 Å². The number of aliphatic imine (C=N–C) groups is 1. The van der Waals surface area contributed by atoms with Gasteiger partial charge in [0.2, 0.25) is 0 Å². The third-order valence-electron chi connectivity index (χ3n) is 3.13. The number of nitrogens with zero attached hydrogens (tertiary/aromatic N) is 1. The van der Waals surface area contributed by atoms with Crippen LogP contribution in [0.5, 0.6) is 0 Å². The van der Waals surface area contributed by atoms with E-state index in [0.717, 1.165) is 45.1 Å². The molecule has 2 N–H and O–H groups in total. The minimum Gasteiger partial charge on any atom is -0.379 e. The summed E-state index contributed by atoms with van der Waals surface area (Å²) >= 11 is 0. The summed E-state index contributed by atoms with van der Waals surface area (Å²) in [7, 11) is 1.79. The molecule has 0 aliphatic carbocycles.